The van der Waals surface area contributed by atoms with Crippen molar-refractivity contribution in [1.82, 2.24) is 10.2 Å². The standard InChI is InChI=1S/C19H33N5.HI/c1-4-24-12-8-11-17(24)13-21-19(20)22-14-18(15(2)3)23-16-9-6-5-7-10-16;/h5-7,9-10,15,17-18,23H,4,8,11-14H2,1-3H3,(H3,20,21,22);1H. The number of likely N-dealkylation sites (tertiary alicyclic amines) is 1. The van der Waals surface area contributed by atoms with Crippen molar-refractivity contribution in [1.29, 1.82) is 0 Å². The maximum atomic E-state index is 6.07. The van der Waals surface area contributed by atoms with Gasteiger partial charge in [0.2, 0.25) is 0 Å². The van der Waals surface area contributed by atoms with Crippen molar-refractivity contribution in [2.45, 2.75) is 45.7 Å². The molecule has 0 radical (unpaired) electrons. The molecule has 25 heavy (non-hydrogen) atoms. The highest BCUT2D eigenvalue weighted by molar-refractivity contribution is 14.0. The molecule has 0 spiro atoms. The fraction of sp³-hybridized carbons (Fsp3) is 0.632. The van der Waals surface area contributed by atoms with Crippen molar-refractivity contribution >= 4 is 35.6 Å². The van der Waals surface area contributed by atoms with Crippen molar-refractivity contribution < 1.29 is 0 Å². The molecule has 1 saturated heterocycles. The highest BCUT2D eigenvalue weighted by atomic mass is 127. The summed E-state index contributed by atoms with van der Waals surface area (Å²) in [6.45, 7) is 10.5. The molecule has 2 unspecified atom stereocenters. The van der Waals surface area contributed by atoms with Gasteiger partial charge in [0.25, 0.3) is 0 Å². The molecule has 4 N–H and O–H groups in total. The molecular formula is C19H34IN5. The first-order valence-electron chi connectivity index (χ1n) is 9.19. The Kier molecular flexibility index (Phi) is 10.2. The third-order valence-electron chi connectivity index (χ3n) is 4.81. The topological polar surface area (TPSA) is 65.7 Å². The number of guanidine groups is 1. The van der Waals surface area contributed by atoms with Crippen LogP contribution in [0.5, 0.6) is 0 Å². The number of para-hydroxylation sites is 1. The molecule has 0 saturated carbocycles. The quantitative estimate of drug-likeness (QED) is 0.318. The maximum Gasteiger partial charge on any atom is 0.188 e. The summed E-state index contributed by atoms with van der Waals surface area (Å²) in [6, 6.07) is 11.1. The number of aliphatic imine (C=N–C) groups is 1. The van der Waals surface area contributed by atoms with Gasteiger partial charge in [-0.2, -0.15) is 0 Å². The average molecular weight is 459 g/mol. The zero-order valence-corrected chi connectivity index (χ0v) is 18.1. The van der Waals surface area contributed by atoms with E-state index in [4.69, 9.17) is 5.73 Å². The van der Waals surface area contributed by atoms with E-state index in [1.54, 1.807) is 0 Å². The number of hydrogen-bond acceptors (Lipinski definition) is 3. The zero-order chi connectivity index (χ0) is 17.4. The molecule has 2 atom stereocenters. The van der Waals surface area contributed by atoms with Gasteiger partial charge in [0.05, 0.1) is 6.54 Å². The van der Waals surface area contributed by atoms with Crippen LogP contribution in [0.4, 0.5) is 5.69 Å². The first-order chi connectivity index (χ1) is 11.6. The molecule has 1 aliphatic rings. The van der Waals surface area contributed by atoms with Crippen molar-refractivity contribution in [2.75, 3.05) is 31.5 Å². The normalized spacial score (nSPS) is 19.5. The smallest absolute Gasteiger partial charge is 0.188 e. The fourth-order valence-corrected chi connectivity index (χ4v) is 3.19. The summed E-state index contributed by atoms with van der Waals surface area (Å²) in [5.74, 6) is 1.03. The number of anilines is 1. The first kappa shape index (κ1) is 22.0. The lowest BCUT2D eigenvalue weighted by Crippen LogP contribution is -2.43. The molecule has 0 bridgehead atoms. The Bertz CT molecular complexity index is 506. The minimum atomic E-state index is 0. The molecule has 1 aromatic carbocycles. The van der Waals surface area contributed by atoms with E-state index >= 15 is 0 Å². The average Bonchev–Trinajstić information content (AvgIpc) is 3.05. The van der Waals surface area contributed by atoms with Crippen LogP contribution in [0.3, 0.4) is 0 Å². The van der Waals surface area contributed by atoms with Crippen LogP contribution in [0.15, 0.2) is 35.3 Å². The Morgan fingerprint density at radius 2 is 2.04 bits per heavy atom. The van der Waals surface area contributed by atoms with Crippen LogP contribution in [0.25, 0.3) is 0 Å². The number of nitrogens with one attached hydrogen (secondary N) is 2. The molecule has 0 amide bonds. The molecular weight excluding hydrogens is 425 g/mol. The number of nitrogens with zero attached hydrogens (tertiary/aromatic N) is 2. The van der Waals surface area contributed by atoms with Gasteiger partial charge < -0.3 is 16.4 Å². The van der Waals surface area contributed by atoms with Gasteiger partial charge in [-0.1, -0.05) is 39.0 Å². The van der Waals surface area contributed by atoms with Crippen molar-refractivity contribution in [3.63, 3.8) is 0 Å². The largest absolute Gasteiger partial charge is 0.380 e. The highest BCUT2D eigenvalue weighted by Crippen LogP contribution is 2.15. The minimum absolute atomic E-state index is 0. The van der Waals surface area contributed by atoms with Crippen LogP contribution >= 0.6 is 24.0 Å². The number of rotatable bonds is 8. The van der Waals surface area contributed by atoms with Gasteiger partial charge in [-0.25, -0.2) is 0 Å². The number of benzene rings is 1. The summed E-state index contributed by atoms with van der Waals surface area (Å²) >= 11 is 0. The van der Waals surface area contributed by atoms with Gasteiger partial charge in [-0.3, -0.25) is 9.89 Å². The number of nitrogens with two attached hydrogens (primary N) is 1. The van der Waals surface area contributed by atoms with Crippen LogP contribution in [-0.2, 0) is 0 Å². The van der Waals surface area contributed by atoms with Gasteiger partial charge in [-0.05, 0) is 44.0 Å². The summed E-state index contributed by atoms with van der Waals surface area (Å²) in [5.41, 5.74) is 7.20. The van der Waals surface area contributed by atoms with E-state index in [0.717, 1.165) is 18.8 Å². The maximum absolute atomic E-state index is 6.07. The van der Waals surface area contributed by atoms with Crippen molar-refractivity contribution in [3.05, 3.63) is 30.3 Å². The minimum Gasteiger partial charge on any atom is -0.380 e. The monoisotopic (exact) mass is 459 g/mol. The second-order valence-corrected chi connectivity index (χ2v) is 6.89. The number of halogens is 1. The van der Waals surface area contributed by atoms with E-state index in [-0.39, 0.29) is 30.0 Å². The van der Waals surface area contributed by atoms with Crippen LogP contribution in [0.2, 0.25) is 0 Å². The molecule has 5 nitrogen and oxygen atoms in total. The third-order valence-corrected chi connectivity index (χ3v) is 4.81. The summed E-state index contributed by atoms with van der Waals surface area (Å²) in [4.78, 5) is 7.06. The van der Waals surface area contributed by atoms with Crippen molar-refractivity contribution in [2.24, 2.45) is 16.6 Å². The van der Waals surface area contributed by atoms with E-state index in [1.165, 1.54) is 19.4 Å². The Balaban J connectivity index is 0.00000312. The summed E-state index contributed by atoms with van der Waals surface area (Å²) < 4.78 is 0. The molecule has 6 heteroatoms. The molecule has 1 fully saturated rings. The van der Waals surface area contributed by atoms with Gasteiger partial charge in [0, 0.05) is 24.3 Å². The predicted molar refractivity (Wildman–Crippen MR) is 119 cm³/mol. The predicted octanol–water partition coefficient (Wildman–Crippen LogP) is 3.13. The Morgan fingerprint density at radius 1 is 1.32 bits per heavy atom. The van der Waals surface area contributed by atoms with E-state index < -0.39 is 0 Å². The van der Waals surface area contributed by atoms with Crippen LogP contribution in [0.1, 0.15) is 33.6 Å². The van der Waals surface area contributed by atoms with E-state index in [9.17, 15) is 0 Å². The second kappa shape index (κ2) is 11.6. The Labute approximate surface area is 169 Å². The second-order valence-electron chi connectivity index (χ2n) is 6.89. The Hall–Kier alpha value is -1.02. The Morgan fingerprint density at radius 3 is 2.68 bits per heavy atom. The van der Waals surface area contributed by atoms with Crippen molar-refractivity contribution in [3.8, 4) is 0 Å². The zero-order valence-electron chi connectivity index (χ0n) is 15.7. The van der Waals surface area contributed by atoms with Crippen LogP contribution in [0, 0.1) is 5.92 Å². The van der Waals surface area contributed by atoms with E-state index in [0.29, 0.717) is 24.5 Å². The lowest BCUT2D eigenvalue weighted by molar-refractivity contribution is 0.267. The molecule has 2 rings (SSSR count). The number of hydrogen-bond donors (Lipinski definition) is 3. The molecule has 1 heterocycles. The lowest BCUT2D eigenvalue weighted by atomic mass is 10.0. The molecule has 0 aliphatic carbocycles. The summed E-state index contributed by atoms with van der Waals surface area (Å²) in [5, 5.41) is 6.85. The van der Waals surface area contributed by atoms with E-state index in [2.05, 4.69) is 53.4 Å². The van der Waals surface area contributed by atoms with Gasteiger partial charge in [-0.15, -0.1) is 24.0 Å². The van der Waals surface area contributed by atoms with Gasteiger partial charge in [0.1, 0.15) is 0 Å². The highest BCUT2D eigenvalue weighted by Gasteiger charge is 2.22. The molecule has 1 aromatic rings. The van der Waals surface area contributed by atoms with Gasteiger partial charge >= 0.3 is 0 Å². The summed E-state index contributed by atoms with van der Waals surface area (Å²) in [6.07, 6.45) is 2.53. The first-order valence-corrected chi connectivity index (χ1v) is 9.19. The third kappa shape index (κ3) is 7.40. The molecule has 1 aliphatic heterocycles. The molecule has 0 aromatic heterocycles. The lowest BCUT2D eigenvalue weighted by Gasteiger charge is -2.24. The van der Waals surface area contributed by atoms with Crippen LogP contribution < -0.4 is 16.4 Å². The molecule has 142 valence electrons. The fourth-order valence-electron chi connectivity index (χ4n) is 3.19. The summed E-state index contributed by atoms with van der Waals surface area (Å²) in [7, 11) is 0. The number of likely N-dealkylation sites (N-methyl/N-ethyl adjacent to an activating group) is 1. The van der Waals surface area contributed by atoms with E-state index in [1.807, 2.05) is 18.2 Å². The van der Waals surface area contributed by atoms with Gasteiger partial charge in [0.15, 0.2) is 5.96 Å². The van der Waals surface area contributed by atoms with Crippen LogP contribution in [-0.4, -0.2) is 49.1 Å². The SMILES string of the molecule is CCN1CCCC1CNC(N)=NCC(Nc1ccccc1)C(C)C.I.